The Kier molecular flexibility index (Phi) is 3.64. The molecule has 2 rings (SSSR count). The lowest BCUT2D eigenvalue weighted by Crippen LogP contribution is -2.06. The van der Waals surface area contributed by atoms with Gasteiger partial charge in [-0.3, -0.25) is 0 Å². The Bertz CT molecular complexity index is 436. The number of thiophene rings is 1. The SMILES string of the molecule is Nc1cc(Cl)nc(NCCc2cccs2)c1. The van der Waals surface area contributed by atoms with Gasteiger partial charge < -0.3 is 11.1 Å². The van der Waals surface area contributed by atoms with Gasteiger partial charge in [-0.15, -0.1) is 11.3 Å². The van der Waals surface area contributed by atoms with Crippen molar-refractivity contribution in [1.82, 2.24) is 4.98 Å². The number of nitrogens with one attached hydrogen (secondary N) is 1. The molecule has 3 N–H and O–H groups in total. The van der Waals surface area contributed by atoms with Crippen LogP contribution in [0.3, 0.4) is 0 Å². The van der Waals surface area contributed by atoms with Gasteiger partial charge in [-0.25, -0.2) is 4.98 Å². The molecule has 0 saturated heterocycles. The fourth-order valence-electron chi connectivity index (χ4n) is 1.38. The van der Waals surface area contributed by atoms with Crippen molar-refractivity contribution in [3.8, 4) is 0 Å². The van der Waals surface area contributed by atoms with E-state index in [1.54, 1.807) is 23.5 Å². The molecular formula is C11H12ClN3S. The van der Waals surface area contributed by atoms with Crippen LogP contribution in [0.15, 0.2) is 29.6 Å². The Labute approximate surface area is 103 Å². The molecule has 0 atom stereocenters. The van der Waals surface area contributed by atoms with Crippen LogP contribution in [-0.2, 0) is 6.42 Å². The number of pyridine rings is 1. The van der Waals surface area contributed by atoms with E-state index in [1.807, 2.05) is 0 Å². The fourth-order valence-corrected chi connectivity index (χ4v) is 2.30. The molecule has 0 aromatic carbocycles. The smallest absolute Gasteiger partial charge is 0.133 e. The van der Waals surface area contributed by atoms with Crippen LogP contribution in [0, 0.1) is 0 Å². The summed E-state index contributed by atoms with van der Waals surface area (Å²) in [7, 11) is 0. The first-order valence-electron chi connectivity index (χ1n) is 4.93. The van der Waals surface area contributed by atoms with Gasteiger partial charge in [-0.1, -0.05) is 17.7 Å². The number of nitrogens with two attached hydrogens (primary N) is 1. The van der Waals surface area contributed by atoms with Gasteiger partial charge in [0.25, 0.3) is 0 Å². The molecule has 0 aliphatic rings. The van der Waals surface area contributed by atoms with E-state index >= 15 is 0 Å². The normalized spacial score (nSPS) is 10.3. The summed E-state index contributed by atoms with van der Waals surface area (Å²) < 4.78 is 0. The van der Waals surface area contributed by atoms with Gasteiger partial charge in [-0.05, 0) is 23.9 Å². The van der Waals surface area contributed by atoms with Crippen LogP contribution >= 0.6 is 22.9 Å². The maximum absolute atomic E-state index is 5.80. The molecular weight excluding hydrogens is 242 g/mol. The third-order valence-corrected chi connectivity index (χ3v) is 3.20. The summed E-state index contributed by atoms with van der Waals surface area (Å²) in [6.07, 6.45) is 0.978. The van der Waals surface area contributed by atoms with Crippen LogP contribution in [0.25, 0.3) is 0 Å². The number of rotatable bonds is 4. The van der Waals surface area contributed by atoms with Gasteiger partial charge in [0.05, 0.1) is 0 Å². The lowest BCUT2D eigenvalue weighted by atomic mass is 10.3. The summed E-state index contributed by atoms with van der Waals surface area (Å²) in [4.78, 5) is 5.48. The molecule has 2 aromatic heterocycles. The molecule has 0 bridgehead atoms. The van der Waals surface area contributed by atoms with E-state index in [4.69, 9.17) is 17.3 Å². The van der Waals surface area contributed by atoms with Crippen LogP contribution in [0.4, 0.5) is 11.5 Å². The zero-order chi connectivity index (χ0) is 11.4. The van der Waals surface area contributed by atoms with Crippen molar-refractivity contribution in [3.63, 3.8) is 0 Å². The predicted molar refractivity (Wildman–Crippen MR) is 70.2 cm³/mol. The summed E-state index contributed by atoms with van der Waals surface area (Å²) in [5, 5.41) is 5.69. The molecule has 2 heterocycles. The second-order valence-corrected chi connectivity index (χ2v) is 4.78. The molecule has 0 radical (unpaired) electrons. The minimum atomic E-state index is 0.415. The second kappa shape index (κ2) is 5.18. The molecule has 0 fully saturated rings. The summed E-state index contributed by atoms with van der Waals surface area (Å²) in [6.45, 7) is 0.827. The fraction of sp³-hybridized carbons (Fsp3) is 0.182. The van der Waals surface area contributed by atoms with Gasteiger partial charge in [0.2, 0.25) is 0 Å². The maximum Gasteiger partial charge on any atom is 0.133 e. The lowest BCUT2D eigenvalue weighted by molar-refractivity contribution is 1.03. The zero-order valence-electron chi connectivity index (χ0n) is 8.61. The molecule has 0 spiro atoms. The molecule has 0 amide bonds. The summed E-state index contributed by atoms with van der Waals surface area (Å²) in [5.74, 6) is 0.724. The third-order valence-electron chi connectivity index (χ3n) is 2.07. The Morgan fingerprint density at radius 2 is 2.31 bits per heavy atom. The first kappa shape index (κ1) is 11.2. The molecule has 84 valence electrons. The highest BCUT2D eigenvalue weighted by atomic mass is 35.5. The zero-order valence-corrected chi connectivity index (χ0v) is 10.2. The maximum atomic E-state index is 5.80. The van der Waals surface area contributed by atoms with E-state index in [0.29, 0.717) is 10.8 Å². The lowest BCUT2D eigenvalue weighted by Gasteiger charge is -2.05. The van der Waals surface area contributed by atoms with Crippen LogP contribution in [-0.4, -0.2) is 11.5 Å². The topological polar surface area (TPSA) is 50.9 Å². The largest absolute Gasteiger partial charge is 0.399 e. The highest BCUT2D eigenvalue weighted by Gasteiger charge is 1.99. The minimum absolute atomic E-state index is 0.415. The van der Waals surface area contributed by atoms with Gasteiger partial charge in [0.15, 0.2) is 0 Å². The quantitative estimate of drug-likeness (QED) is 0.824. The van der Waals surface area contributed by atoms with Crippen molar-refractivity contribution in [2.45, 2.75) is 6.42 Å². The van der Waals surface area contributed by atoms with Gasteiger partial charge in [-0.2, -0.15) is 0 Å². The highest BCUT2D eigenvalue weighted by molar-refractivity contribution is 7.09. The van der Waals surface area contributed by atoms with Gasteiger partial charge in [0, 0.05) is 23.2 Å². The molecule has 5 heteroatoms. The predicted octanol–water partition coefficient (Wildman–Crippen LogP) is 3.03. The molecule has 3 nitrogen and oxygen atoms in total. The number of nitrogens with zero attached hydrogens (tertiary/aromatic N) is 1. The van der Waals surface area contributed by atoms with Crippen molar-refractivity contribution in [2.75, 3.05) is 17.6 Å². The number of anilines is 2. The van der Waals surface area contributed by atoms with Crippen LogP contribution < -0.4 is 11.1 Å². The molecule has 2 aromatic rings. The van der Waals surface area contributed by atoms with Gasteiger partial charge in [0.1, 0.15) is 11.0 Å². The van der Waals surface area contributed by atoms with Crippen LogP contribution in [0.1, 0.15) is 4.88 Å². The van der Waals surface area contributed by atoms with E-state index in [-0.39, 0.29) is 0 Å². The van der Waals surface area contributed by atoms with E-state index in [2.05, 4.69) is 27.8 Å². The molecule has 0 aliphatic heterocycles. The van der Waals surface area contributed by atoms with E-state index in [0.717, 1.165) is 18.8 Å². The van der Waals surface area contributed by atoms with Crippen molar-refractivity contribution < 1.29 is 0 Å². The van der Waals surface area contributed by atoms with E-state index < -0.39 is 0 Å². The van der Waals surface area contributed by atoms with E-state index in [1.165, 1.54) is 4.88 Å². The molecule has 16 heavy (non-hydrogen) atoms. The average Bonchev–Trinajstić information content (AvgIpc) is 2.69. The summed E-state index contributed by atoms with van der Waals surface area (Å²) in [6, 6.07) is 7.58. The highest BCUT2D eigenvalue weighted by Crippen LogP contribution is 2.16. The minimum Gasteiger partial charge on any atom is -0.399 e. The Hall–Kier alpha value is -1.26. The number of aromatic nitrogens is 1. The van der Waals surface area contributed by atoms with Crippen molar-refractivity contribution in [1.29, 1.82) is 0 Å². The third kappa shape index (κ3) is 3.12. The van der Waals surface area contributed by atoms with Crippen molar-refractivity contribution in [3.05, 3.63) is 39.7 Å². The Balaban J connectivity index is 1.89. The number of halogens is 1. The van der Waals surface area contributed by atoms with Crippen molar-refractivity contribution >= 4 is 34.4 Å². The molecule has 0 unspecified atom stereocenters. The monoisotopic (exact) mass is 253 g/mol. The molecule has 0 saturated carbocycles. The number of hydrogen-bond acceptors (Lipinski definition) is 4. The van der Waals surface area contributed by atoms with Crippen LogP contribution in [0.5, 0.6) is 0 Å². The second-order valence-electron chi connectivity index (χ2n) is 3.36. The van der Waals surface area contributed by atoms with Gasteiger partial charge >= 0.3 is 0 Å². The van der Waals surface area contributed by atoms with E-state index in [9.17, 15) is 0 Å². The Morgan fingerprint density at radius 3 is 3.00 bits per heavy atom. The van der Waals surface area contributed by atoms with Crippen molar-refractivity contribution in [2.24, 2.45) is 0 Å². The Morgan fingerprint density at radius 1 is 1.44 bits per heavy atom. The molecule has 0 aliphatic carbocycles. The summed E-state index contributed by atoms with van der Waals surface area (Å²) >= 11 is 7.55. The summed E-state index contributed by atoms with van der Waals surface area (Å²) in [5.41, 5.74) is 6.29. The number of nitrogen functional groups attached to an aromatic ring is 1. The number of hydrogen-bond donors (Lipinski definition) is 2. The average molecular weight is 254 g/mol. The first-order chi connectivity index (χ1) is 7.74. The first-order valence-corrected chi connectivity index (χ1v) is 6.19. The van der Waals surface area contributed by atoms with Crippen LogP contribution in [0.2, 0.25) is 5.15 Å². The standard InChI is InChI=1S/C11H12ClN3S/c12-10-6-8(13)7-11(15-10)14-4-3-9-2-1-5-16-9/h1-2,5-7H,3-4H2,(H3,13,14,15).